The van der Waals surface area contributed by atoms with E-state index in [-0.39, 0.29) is 55.4 Å². The van der Waals surface area contributed by atoms with Gasteiger partial charge in [0, 0.05) is 64.9 Å². The summed E-state index contributed by atoms with van der Waals surface area (Å²) in [6.45, 7) is 8.38. The molecule has 0 spiro atoms. The van der Waals surface area contributed by atoms with Gasteiger partial charge in [0.2, 0.25) is 17.7 Å². The van der Waals surface area contributed by atoms with E-state index in [0.717, 1.165) is 31.2 Å². The number of likely N-dealkylation sites (N-methyl/N-ethyl adjacent to an activating group) is 3. The average Bonchev–Trinajstić information content (AvgIpc) is 3.61. The molecular formula is C38H62ClN7O5. The number of carbonyl (C=O) groups excluding carboxylic acids is 4. The Morgan fingerprint density at radius 3 is 2.14 bits per heavy atom. The first-order valence-corrected chi connectivity index (χ1v) is 18.3. The fourth-order valence-corrected chi connectivity index (χ4v) is 6.69. The lowest BCUT2D eigenvalue weighted by Crippen LogP contribution is -2.58. The Balaban J connectivity index is 0.00000901. The molecule has 0 aliphatic heterocycles. The lowest BCUT2D eigenvalue weighted by molar-refractivity contribution is -0.141. The Morgan fingerprint density at radius 2 is 1.55 bits per heavy atom. The van der Waals surface area contributed by atoms with Crippen LogP contribution in [-0.2, 0) is 27.2 Å². The molecule has 1 aliphatic rings. The van der Waals surface area contributed by atoms with Crippen LogP contribution in [-0.4, -0.2) is 112 Å². The summed E-state index contributed by atoms with van der Waals surface area (Å²) in [5.41, 5.74) is 1.53. The van der Waals surface area contributed by atoms with E-state index in [9.17, 15) is 24.3 Å². The molecule has 4 N–H and O–H groups in total. The number of nitrogens with zero attached hydrogens (tertiary/aromatic N) is 4. The summed E-state index contributed by atoms with van der Waals surface area (Å²) in [5, 5.41) is 17.4. The molecule has 1 saturated carbocycles. The number of hydrogen-bond acceptors (Lipinski definition) is 6. The van der Waals surface area contributed by atoms with Gasteiger partial charge in [-0.1, -0.05) is 90.1 Å². The van der Waals surface area contributed by atoms with E-state index in [2.05, 4.69) is 34.4 Å². The number of imidazole rings is 1. The van der Waals surface area contributed by atoms with E-state index >= 15 is 0 Å². The number of rotatable bonds is 18. The van der Waals surface area contributed by atoms with Crippen molar-refractivity contribution >= 4 is 36.2 Å². The molecule has 1 fully saturated rings. The number of nitrogens with one attached hydrogen (secondary N) is 3. The topological polar surface area (TPSA) is 151 Å². The first-order valence-electron chi connectivity index (χ1n) is 18.3. The van der Waals surface area contributed by atoms with E-state index in [4.69, 9.17) is 0 Å². The number of urea groups is 1. The number of aromatic amines is 1. The predicted molar refractivity (Wildman–Crippen MR) is 202 cm³/mol. The second-order valence-corrected chi connectivity index (χ2v) is 14.8. The highest BCUT2D eigenvalue weighted by atomic mass is 35.5. The van der Waals surface area contributed by atoms with Crippen LogP contribution in [0.25, 0.3) is 0 Å². The van der Waals surface area contributed by atoms with Gasteiger partial charge in [-0.2, -0.15) is 0 Å². The van der Waals surface area contributed by atoms with Gasteiger partial charge in [0.1, 0.15) is 12.1 Å². The van der Waals surface area contributed by atoms with Crippen LogP contribution in [0.3, 0.4) is 0 Å². The van der Waals surface area contributed by atoms with Gasteiger partial charge in [0.25, 0.3) is 0 Å². The molecule has 1 aromatic heterocycles. The fraction of sp³-hybridized carbons (Fsp3) is 0.658. The van der Waals surface area contributed by atoms with Crippen LogP contribution in [0.1, 0.15) is 83.9 Å². The number of H-pyrrole nitrogens is 1. The molecule has 286 valence electrons. The Kier molecular flexibility index (Phi) is 18.5. The fourth-order valence-electron chi connectivity index (χ4n) is 6.69. The molecule has 0 radical (unpaired) electrons. The van der Waals surface area contributed by atoms with Crippen LogP contribution >= 0.6 is 12.4 Å². The van der Waals surface area contributed by atoms with Crippen molar-refractivity contribution in [3.8, 4) is 0 Å². The van der Waals surface area contributed by atoms with Crippen LogP contribution in [0.15, 0.2) is 42.9 Å². The van der Waals surface area contributed by atoms with Crippen LogP contribution in [0.2, 0.25) is 0 Å². The minimum absolute atomic E-state index is 0. The third kappa shape index (κ3) is 14.1. The summed E-state index contributed by atoms with van der Waals surface area (Å²) in [5.74, 6) is -0.288. The Labute approximate surface area is 310 Å². The minimum atomic E-state index is -0.978. The number of carbonyl (C=O) groups is 4. The highest BCUT2D eigenvalue weighted by Gasteiger charge is 2.36. The molecule has 0 unspecified atom stereocenters. The first kappa shape index (κ1) is 43.5. The summed E-state index contributed by atoms with van der Waals surface area (Å²) in [7, 11) is 4.92. The third-order valence-electron chi connectivity index (χ3n) is 9.77. The number of hydrogen-bond donors (Lipinski definition) is 4. The summed E-state index contributed by atoms with van der Waals surface area (Å²) < 4.78 is 0. The van der Waals surface area contributed by atoms with Crippen molar-refractivity contribution in [1.82, 2.24) is 35.3 Å². The molecule has 2 aromatic rings. The van der Waals surface area contributed by atoms with Gasteiger partial charge in [-0.3, -0.25) is 14.4 Å². The molecule has 51 heavy (non-hydrogen) atoms. The quantitative estimate of drug-likeness (QED) is 0.178. The van der Waals surface area contributed by atoms with Gasteiger partial charge >= 0.3 is 6.03 Å². The van der Waals surface area contributed by atoms with Crippen molar-refractivity contribution in [1.29, 1.82) is 0 Å². The van der Waals surface area contributed by atoms with Gasteiger partial charge in [0.15, 0.2) is 0 Å². The molecule has 1 heterocycles. The van der Waals surface area contributed by atoms with Gasteiger partial charge in [-0.25, -0.2) is 9.78 Å². The van der Waals surface area contributed by atoms with Crippen molar-refractivity contribution in [2.75, 3.05) is 34.2 Å². The smallest absolute Gasteiger partial charge is 0.317 e. The molecule has 1 aliphatic carbocycles. The zero-order valence-corrected chi connectivity index (χ0v) is 32.5. The molecule has 0 bridgehead atoms. The molecule has 12 nitrogen and oxygen atoms in total. The van der Waals surface area contributed by atoms with E-state index in [1.165, 1.54) is 22.5 Å². The van der Waals surface area contributed by atoms with E-state index in [0.29, 0.717) is 31.0 Å². The van der Waals surface area contributed by atoms with Crippen molar-refractivity contribution in [3.63, 3.8) is 0 Å². The van der Waals surface area contributed by atoms with Gasteiger partial charge in [-0.05, 0) is 30.2 Å². The largest absolute Gasteiger partial charge is 0.391 e. The lowest BCUT2D eigenvalue weighted by Gasteiger charge is -2.35. The maximum atomic E-state index is 14.4. The number of benzene rings is 1. The van der Waals surface area contributed by atoms with Crippen molar-refractivity contribution in [3.05, 3.63) is 54.1 Å². The normalized spacial score (nSPS) is 15.6. The number of amides is 5. The van der Waals surface area contributed by atoms with Crippen LogP contribution < -0.4 is 10.6 Å². The molecule has 0 saturated heterocycles. The van der Waals surface area contributed by atoms with Gasteiger partial charge < -0.3 is 35.4 Å². The highest BCUT2D eigenvalue weighted by molar-refractivity contribution is 5.92. The molecule has 3 rings (SSSR count). The van der Waals surface area contributed by atoms with Crippen LogP contribution in [0.5, 0.6) is 0 Å². The molecule has 13 heteroatoms. The molecular weight excluding hydrogens is 670 g/mol. The van der Waals surface area contributed by atoms with Gasteiger partial charge in [0.05, 0.1) is 18.5 Å². The standard InChI is InChI=1S/C38H61N7O5.ClH/c1-26(2)20-34(46)31(21-28-14-10-8-11-15-28)41-35(47)33(23-30-24-39-25-40-30)45(7)37(49)32(22-29-16-12-9-13-17-29)42-38(50)44(6)19-18-43(5)36(48)27(3)4;/h9,12-13,16-17,24-28,31-34,46H,8,10-11,14-15,18-23H2,1-7H3,(H,39,40)(H,41,47)(H,42,50);1H/t31-,32-,33-,34-;/m0./s1. The van der Waals surface area contributed by atoms with E-state index in [1.807, 2.05) is 44.2 Å². The Morgan fingerprint density at radius 1 is 0.902 bits per heavy atom. The highest BCUT2D eigenvalue weighted by Crippen LogP contribution is 2.29. The van der Waals surface area contributed by atoms with Gasteiger partial charge in [-0.15, -0.1) is 12.4 Å². The zero-order chi connectivity index (χ0) is 36.8. The van der Waals surface area contributed by atoms with Crippen molar-refractivity contribution in [2.24, 2.45) is 17.8 Å². The summed E-state index contributed by atoms with van der Waals surface area (Å²) in [6.07, 6.45) is 9.75. The average molecular weight is 732 g/mol. The predicted octanol–water partition coefficient (Wildman–Crippen LogP) is 4.43. The third-order valence-corrected chi connectivity index (χ3v) is 9.77. The SMILES string of the molecule is CC(C)C[C@H](O)[C@H](CC1CCCCC1)NC(=O)[C@H](Cc1cnc[nH]1)N(C)C(=O)[C@H](Cc1ccccc1)NC(=O)N(C)CCN(C)C(=O)C(C)C.Cl. The van der Waals surface area contributed by atoms with Crippen molar-refractivity contribution in [2.45, 2.75) is 110 Å². The second-order valence-electron chi connectivity index (χ2n) is 14.8. The second kappa shape index (κ2) is 21.7. The maximum absolute atomic E-state index is 14.4. The van der Waals surface area contributed by atoms with Crippen LogP contribution in [0.4, 0.5) is 4.79 Å². The Bertz CT molecular complexity index is 1340. The van der Waals surface area contributed by atoms with E-state index < -0.39 is 36.2 Å². The summed E-state index contributed by atoms with van der Waals surface area (Å²) in [4.78, 5) is 66.1. The van der Waals surface area contributed by atoms with Crippen LogP contribution in [0, 0.1) is 17.8 Å². The molecule has 5 amide bonds. The number of halogens is 1. The summed E-state index contributed by atoms with van der Waals surface area (Å²) in [6, 6.07) is 6.59. The maximum Gasteiger partial charge on any atom is 0.317 e. The lowest BCUT2D eigenvalue weighted by atomic mass is 9.82. The number of aliphatic hydroxyl groups is 1. The monoisotopic (exact) mass is 731 g/mol. The number of aliphatic hydroxyl groups excluding tert-OH is 1. The van der Waals surface area contributed by atoms with Crippen molar-refractivity contribution < 1.29 is 24.3 Å². The molecule has 1 aromatic carbocycles. The Hall–Kier alpha value is -3.64. The van der Waals surface area contributed by atoms with E-state index in [1.54, 1.807) is 32.2 Å². The first-order chi connectivity index (χ1) is 23.8. The molecule has 4 atom stereocenters. The summed E-state index contributed by atoms with van der Waals surface area (Å²) >= 11 is 0. The number of aromatic nitrogens is 2. The minimum Gasteiger partial charge on any atom is -0.391 e. The zero-order valence-electron chi connectivity index (χ0n) is 31.6.